The van der Waals surface area contributed by atoms with Crippen molar-refractivity contribution in [1.82, 2.24) is 30.8 Å². The average molecular weight is 400 g/mol. The molecule has 2 aromatic rings. The second-order valence-corrected chi connectivity index (χ2v) is 6.02. The van der Waals surface area contributed by atoms with Crippen LogP contribution in [-0.4, -0.2) is 57.4 Å². The number of urea groups is 1. The van der Waals surface area contributed by atoms with E-state index in [9.17, 15) is 14.4 Å². The van der Waals surface area contributed by atoms with Crippen LogP contribution in [0.1, 0.15) is 30.6 Å². The molecule has 2 heterocycles. The molecule has 1 aliphatic heterocycles. The molecular weight excluding hydrogens is 380 g/mol. The van der Waals surface area contributed by atoms with E-state index in [-0.39, 0.29) is 30.0 Å². The summed E-state index contributed by atoms with van der Waals surface area (Å²) >= 11 is 0. The van der Waals surface area contributed by atoms with Crippen LogP contribution in [0.25, 0.3) is 5.69 Å². The normalized spacial score (nSPS) is 16.1. The first-order valence-corrected chi connectivity index (χ1v) is 9.02. The van der Waals surface area contributed by atoms with Gasteiger partial charge in [0, 0.05) is 0 Å². The number of para-hydroxylation sites is 1. The minimum Gasteiger partial charge on any atom is -0.463 e. The van der Waals surface area contributed by atoms with Crippen molar-refractivity contribution in [1.29, 1.82) is 0 Å². The van der Waals surface area contributed by atoms with Crippen LogP contribution in [0, 0.1) is 0 Å². The van der Waals surface area contributed by atoms with Gasteiger partial charge in [0.1, 0.15) is 12.9 Å². The molecule has 0 bridgehead atoms. The fourth-order valence-corrected chi connectivity index (χ4v) is 2.91. The highest BCUT2D eigenvalue weighted by atomic mass is 16.5. The standard InChI is InChI=1S/C18H20N6O5/c1-3-12-15(17(26)28-4-2)13(21-18(27)20-12)9-29-16(25)11-7-5-6-8-14(11)24-10-19-22-23-24/h5-8,10,12H,3-4,9H2,1-2H3,(H2,20,21,27)/t12-/m0/s1. The van der Waals surface area contributed by atoms with Crippen LogP contribution >= 0.6 is 0 Å². The second-order valence-electron chi connectivity index (χ2n) is 6.02. The molecule has 1 aromatic heterocycles. The lowest BCUT2D eigenvalue weighted by Gasteiger charge is -2.28. The SMILES string of the molecule is CCOC(=O)C1=C(COC(=O)c2ccccc2-n2cnnn2)NC(=O)N[C@H]1CC. The second kappa shape index (κ2) is 8.95. The first-order chi connectivity index (χ1) is 14.0. The number of nitrogens with zero attached hydrogens (tertiary/aromatic N) is 4. The summed E-state index contributed by atoms with van der Waals surface area (Å²) < 4.78 is 11.8. The van der Waals surface area contributed by atoms with Gasteiger partial charge in [-0.25, -0.2) is 14.4 Å². The van der Waals surface area contributed by atoms with Gasteiger partial charge in [-0.1, -0.05) is 19.1 Å². The van der Waals surface area contributed by atoms with E-state index in [0.717, 1.165) is 0 Å². The summed E-state index contributed by atoms with van der Waals surface area (Å²) in [6.07, 6.45) is 1.83. The minimum absolute atomic E-state index is 0.180. The predicted octanol–water partition coefficient (Wildman–Crippen LogP) is 0.728. The van der Waals surface area contributed by atoms with Crippen LogP contribution in [0.4, 0.5) is 4.79 Å². The number of benzene rings is 1. The van der Waals surface area contributed by atoms with Crippen LogP contribution in [0.2, 0.25) is 0 Å². The van der Waals surface area contributed by atoms with Gasteiger partial charge < -0.3 is 20.1 Å². The number of nitrogens with one attached hydrogen (secondary N) is 2. The maximum atomic E-state index is 12.7. The van der Waals surface area contributed by atoms with Gasteiger partial charge in [-0.3, -0.25) is 0 Å². The zero-order valence-corrected chi connectivity index (χ0v) is 15.9. The third-order valence-corrected chi connectivity index (χ3v) is 4.21. The van der Waals surface area contributed by atoms with E-state index in [1.165, 1.54) is 11.0 Å². The minimum atomic E-state index is -0.660. The Morgan fingerprint density at radius 2 is 1.97 bits per heavy atom. The largest absolute Gasteiger partial charge is 0.463 e. The first kappa shape index (κ1) is 20.0. The molecule has 1 atom stereocenters. The number of amides is 2. The maximum absolute atomic E-state index is 12.7. The Morgan fingerprint density at radius 1 is 1.17 bits per heavy atom. The van der Waals surface area contributed by atoms with Gasteiger partial charge in [0.2, 0.25) is 0 Å². The summed E-state index contributed by atoms with van der Waals surface area (Å²) in [7, 11) is 0. The van der Waals surface area contributed by atoms with Crippen molar-refractivity contribution in [3.63, 3.8) is 0 Å². The summed E-state index contributed by atoms with van der Waals surface area (Å²) in [6.45, 7) is 3.38. The molecule has 0 spiro atoms. The van der Waals surface area contributed by atoms with Crippen LogP contribution in [-0.2, 0) is 14.3 Å². The van der Waals surface area contributed by atoms with Gasteiger partial charge >= 0.3 is 18.0 Å². The quantitative estimate of drug-likeness (QED) is 0.649. The number of hydrogen-bond donors (Lipinski definition) is 2. The number of carbonyl (C=O) groups excluding carboxylic acids is 3. The van der Waals surface area contributed by atoms with Gasteiger partial charge in [0.15, 0.2) is 0 Å². The van der Waals surface area contributed by atoms with Gasteiger partial charge in [-0.15, -0.1) is 5.10 Å². The van der Waals surface area contributed by atoms with Gasteiger partial charge in [0.05, 0.1) is 35.2 Å². The molecule has 0 unspecified atom stereocenters. The van der Waals surface area contributed by atoms with Crippen molar-refractivity contribution in [2.45, 2.75) is 26.3 Å². The number of aromatic nitrogens is 4. The zero-order valence-electron chi connectivity index (χ0n) is 15.9. The lowest BCUT2D eigenvalue weighted by Crippen LogP contribution is -2.51. The third kappa shape index (κ3) is 4.39. The molecular formula is C18H20N6O5. The third-order valence-electron chi connectivity index (χ3n) is 4.21. The number of tetrazole rings is 1. The van der Waals surface area contributed by atoms with E-state index in [1.54, 1.807) is 31.2 Å². The topological polar surface area (TPSA) is 137 Å². The molecule has 152 valence electrons. The number of esters is 2. The summed E-state index contributed by atoms with van der Waals surface area (Å²) in [5.41, 5.74) is 1.08. The van der Waals surface area contributed by atoms with Crippen molar-refractivity contribution in [2.24, 2.45) is 0 Å². The molecule has 0 saturated heterocycles. The van der Waals surface area contributed by atoms with E-state index >= 15 is 0 Å². The summed E-state index contributed by atoms with van der Waals surface area (Å²) in [6, 6.07) is 5.61. The van der Waals surface area contributed by atoms with Gasteiger partial charge in [-0.05, 0) is 35.9 Å². The number of hydrogen-bond acceptors (Lipinski definition) is 8. The Bertz CT molecular complexity index is 940. The number of ether oxygens (including phenoxy) is 2. The van der Waals surface area contributed by atoms with Crippen molar-refractivity contribution in [2.75, 3.05) is 13.2 Å². The average Bonchev–Trinajstić information content (AvgIpc) is 3.26. The molecule has 29 heavy (non-hydrogen) atoms. The number of carbonyl (C=O) groups is 3. The summed E-state index contributed by atoms with van der Waals surface area (Å²) in [4.78, 5) is 37.0. The van der Waals surface area contributed by atoms with E-state index in [1.807, 2.05) is 6.92 Å². The van der Waals surface area contributed by atoms with E-state index in [0.29, 0.717) is 12.1 Å². The molecule has 2 N–H and O–H groups in total. The fraction of sp³-hybridized carbons (Fsp3) is 0.333. The fourth-order valence-electron chi connectivity index (χ4n) is 2.91. The molecule has 0 aliphatic carbocycles. The van der Waals surface area contributed by atoms with Crippen molar-refractivity contribution in [3.05, 3.63) is 47.4 Å². The lowest BCUT2D eigenvalue weighted by atomic mass is 10.0. The monoisotopic (exact) mass is 400 g/mol. The Balaban J connectivity index is 1.84. The molecule has 0 fully saturated rings. The van der Waals surface area contributed by atoms with Gasteiger partial charge in [-0.2, -0.15) is 4.68 Å². The summed E-state index contributed by atoms with van der Waals surface area (Å²) in [5.74, 6) is -1.24. The first-order valence-electron chi connectivity index (χ1n) is 9.02. The number of rotatable bonds is 7. The van der Waals surface area contributed by atoms with Crippen LogP contribution in [0.5, 0.6) is 0 Å². The Morgan fingerprint density at radius 3 is 2.66 bits per heavy atom. The molecule has 1 aliphatic rings. The van der Waals surface area contributed by atoms with Crippen molar-refractivity contribution < 1.29 is 23.9 Å². The van der Waals surface area contributed by atoms with E-state index in [4.69, 9.17) is 9.47 Å². The molecule has 1 aromatic carbocycles. The predicted molar refractivity (Wildman–Crippen MR) is 98.8 cm³/mol. The molecule has 0 radical (unpaired) electrons. The molecule has 3 rings (SSSR count). The van der Waals surface area contributed by atoms with Crippen LogP contribution < -0.4 is 10.6 Å². The lowest BCUT2D eigenvalue weighted by molar-refractivity contribution is -0.139. The molecule has 2 amide bonds. The summed E-state index contributed by atoms with van der Waals surface area (Å²) in [5, 5.41) is 16.1. The molecule has 11 heteroatoms. The highest BCUT2D eigenvalue weighted by Crippen LogP contribution is 2.19. The van der Waals surface area contributed by atoms with Crippen LogP contribution in [0.15, 0.2) is 41.9 Å². The van der Waals surface area contributed by atoms with E-state index < -0.39 is 24.0 Å². The van der Waals surface area contributed by atoms with Crippen molar-refractivity contribution in [3.8, 4) is 5.69 Å². The van der Waals surface area contributed by atoms with Crippen molar-refractivity contribution >= 4 is 18.0 Å². The molecule has 11 nitrogen and oxygen atoms in total. The molecule has 0 saturated carbocycles. The Labute approximate surface area is 166 Å². The Kier molecular flexibility index (Phi) is 6.17. The highest BCUT2D eigenvalue weighted by Gasteiger charge is 2.32. The van der Waals surface area contributed by atoms with Crippen LogP contribution in [0.3, 0.4) is 0 Å². The Hall–Kier alpha value is -3.76. The highest BCUT2D eigenvalue weighted by molar-refractivity contribution is 5.96. The van der Waals surface area contributed by atoms with E-state index in [2.05, 4.69) is 26.2 Å². The zero-order chi connectivity index (χ0) is 20.8. The van der Waals surface area contributed by atoms with Gasteiger partial charge in [0.25, 0.3) is 0 Å². The maximum Gasteiger partial charge on any atom is 0.340 e. The smallest absolute Gasteiger partial charge is 0.340 e.